The van der Waals surface area contributed by atoms with Crippen LogP contribution in [0.15, 0.2) is 23.6 Å². The highest BCUT2D eigenvalue weighted by molar-refractivity contribution is 6.60. The second kappa shape index (κ2) is 2.87. The Kier molecular flexibility index (Phi) is 2.10. The van der Waals surface area contributed by atoms with Crippen molar-refractivity contribution in [2.24, 2.45) is 5.92 Å². The van der Waals surface area contributed by atoms with E-state index in [0.717, 1.165) is 12.8 Å². The van der Waals surface area contributed by atoms with Crippen LogP contribution in [-0.2, 0) is 4.79 Å². The Morgan fingerprint density at radius 2 is 2.30 bits per heavy atom. The third kappa shape index (κ3) is 1.38. The fraction of sp³-hybridized carbons (Fsp3) is 0.375. The minimum atomic E-state index is 0.145. The summed E-state index contributed by atoms with van der Waals surface area (Å²) in [6.07, 6.45) is 3.85. The second-order valence-corrected chi connectivity index (χ2v) is 2.84. The van der Waals surface area contributed by atoms with Gasteiger partial charge >= 0.3 is 0 Å². The minimum Gasteiger partial charge on any atom is -0.295 e. The number of Topliss-reactive ketones (excluding diaryl/α,β-unsaturated/α-hetero) is 1. The predicted molar refractivity (Wildman–Crippen MR) is 44.2 cm³/mol. The minimum absolute atomic E-state index is 0.145. The molecule has 0 saturated heterocycles. The maximum Gasteiger partial charge on any atom is 0.187 e. The summed E-state index contributed by atoms with van der Waals surface area (Å²) in [4.78, 5) is 11.2. The van der Waals surface area contributed by atoms with Gasteiger partial charge in [-0.3, -0.25) is 4.79 Å². The fourth-order valence-corrected chi connectivity index (χ4v) is 1.00. The predicted octanol–water partition coefficient (Wildman–Crippen LogP) is 1.06. The molecule has 0 amide bonds. The van der Waals surface area contributed by atoms with Gasteiger partial charge in [0.05, 0.1) is 0 Å². The second-order valence-electron chi connectivity index (χ2n) is 2.84. The molecule has 0 fully saturated rings. The zero-order valence-electron chi connectivity index (χ0n) is 6.42. The molecule has 0 aromatic carbocycles. The third-order valence-electron chi connectivity index (χ3n) is 1.61. The quantitative estimate of drug-likeness (QED) is 0.516. The molecule has 1 aliphatic heterocycles. The Hall–Kier alpha value is -0.785. The molecule has 0 radical (unpaired) electrons. The molecule has 0 aromatic heterocycles. The lowest BCUT2D eigenvalue weighted by Gasteiger charge is -2.02. The van der Waals surface area contributed by atoms with E-state index in [2.05, 4.69) is 0 Å². The molecule has 0 aliphatic carbocycles. The monoisotopic (exact) mass is 134 g/mol. The van der Waals surface area contributed by atoms with Gasteiger partial charge in [-0.1, -0.05) is 26.0 Å². The number of hydrogen-bond acceptors (Lipinski definition) is 1. The van der Waals surface area contributed by atoms with E-state index in [1.165, 1.54) is 0 Å². The Labute approximate surface area is 62.1 Å². The summed E-state index contributed by atoms with van der Waals surface area (Å²) >= 11 is 0. The van der Waals surface area contributed by atoms with Crippen LogP contribution in [-0.4, -0.2) is 13.1 Å². The van der Waals surface area contributed by atoms with Gasteiger partial charge in [-0.05, 0) is 5.47 Å². The first-order chi connectivity index (χ1) is 4.72. The van der Waals surface area contributed by atoms with Crippen LogP contribution >= 0.6 is 0 Å². The highest BCUT2D eigenvalue weighted by Gasteiger charge is 2.13. The zero-order valence-corrected chi connectivity index (χ0v) is 6.42. The van der Waals surface area contributed by atoms with Gasteiger partial charge in [-0.2, -0.15) is 0 Å². The molecule has 2 heteroatoms. The molecule has 1 rings (SSSR count). The van der Waals surface area contributed by atoms with Gasteiger partial charge in [0.1, 0.15) is 0 Å². The van der Waals surface area contributed by atoms with Crippen molar-refractivity contribution in [3.63, 3.8) is 0 Å². The first kappa shape index (κ1) is 7.32. The van der Waals surface area contributed by atoms with Gasteiger partial charge in [-0.25, -0.2) is 0 Å². The third-order valence-corrected chi connectivity index (χ3v) is 1.61. The van der Waals surface area contributed by atoms with Crippen LogP contribution in [0.5, 0.6) is 0 Å². The van der Waals surface area contributed by atoms with E-state index < -0.39 is 0 Å². The maximum absolute atomic E-state index is 11.2. The average Bonchev–Trinajstić information content (AvgIpc) is 2.36. The maximum atomic E-state index is 11.2. The lowest BCUT2D eigenvalue weighted by atomic mass is 9.69. The fourth-order valence-electron chi connectivity index (χ4n) is 1.00. The van der Waals surface area contributed by atoms with E-state index >= 15 is 0 Å². The van der Waals surface area contributed by atoms with E-state index in [1.807, 2.05) is 32.0 Å². The lowest BCUT2D eigenvalue weighted by Crippen LogP contribution is -2.12. The van der Waals surface area contributed by atoms with Gasteiger partial charge in [0.15, 0.2) is 13.1 Å². The van der Waals surface area contributed by atoms with Crippen molar-refractivity contribution in [3.8, 4) is 0 Å². The highest BCUT2D eigenvalue weighted by atomic mass is 16.1. The molecule has 0 unspecified atom stereocenters. The van der Waals surface area contributed by atoms with Gasteiger partial charge in [0.25, 0.3) is 0 Å². The van der Waals surface area contributed by atoms with Gasteiger partial charge in [-0.15, -0.1) is 5.98 Å². The SMILES string of the molecule is CC(C)C(=O)C1=CC=CB1. The Morgan fingerprint density at radius 3 is 2.70 bits per heavy atom. The molecule has 0 bridgehead atoms. The van der Waals surface area contributed by atoms with Crippen molar-refractivity contribution in [3.05, 3.63) is 23.6 Å². The van der Waals surface area contributed by atoms with Crippen molar-refractivity contribution in [1.29, 1.82) is 0 Å². The first-order valence-corrected chi connectivity index (χ1v) is 3.61. The molecular weight excluding hydrogens is 123 g/mol. The van der Waals surface area contributed by atoms with Gasteiger partial charge in [0, 0.05) is 5.92 Å². The van der Waals surface area contributed by atoms with E-state index in [0.29, 0.717) is 0 Å². The molecule has 0 spiro atoms. The largest absolute Gasteiger partial charge is 0.295 e. The molecule has 0 aromatic rings. The molecule has 52 valence electrons. The summed E-state index contributed by atoms with van der Waals surface area (Å²) in [7, 11) is 0.830. The van der Waals surface area contributed by atoms with E-state index in [-0.39, 0.29) is 11.7 Å². The van der Waals surface area contributed by atoms with Crippen molar-refractivity contribution in [2.45, 2.75) is 13.8 Å². The normalized spacial score (nSPS) is 15.3. The Morgan fingerprint density at radius 1 is 1.60 bits per heavy atom. The summed E-state index contributed by atoms with van der Waals surface area (Å²) in [5.41, 5.74) is 0.954. The summed E-state index contributed by atoms with van der Waals surface area (Å²) < 4.78 is 0. The molecule has 0 N–H and O–H groups in total. The first-order valence-electron chi connectivity index (χ1n) is 3.61. The van der Waals surface area contributed by atoms with Crippen molar-refractivity contribution < 1.29 is 4.79 Å². The number of allylic oxidation sites excluding steroid dienone is 3. The van der Waals surface area contributed by atoms with Crippen LogP contribution in [0.3, 0.4) is 0 Å². The van der Waals surface area contributed by atoms with Crippen LogP contribution in [0.4, 0.5) is 0 Å². The van der Waals surface area contributed by atoms with E-state index in [1.54, 1.807) is 0 Å². The van der Waals surface area contributed by atoms with Crippen LogP contribution < -0.4 is 0 Å². The molecule has 1 nitrogen and oxygen atoms in total. The van der Waals surface area contributed by atoms with Crippen molar-refractivity contribution in [1.82, 2.24) is 0 Å². The summed E-state index contributed by atoms with van der Waals surface area (Å²) in [6.45, 7) is 3.86. The number of carbonyl (C=O) groups is 1. The summed E-state index contributed by atoms with van der Waals surface area (Å²) in [6, 6.07) is 0. The van der Waals surface area contributed by atoms with Crippen molar-refractivity contribution >= 4 is 13.1 Å². The zero-order chi connectivity index (χ0) is 7.56. The van der Waals surface area contributed by atoms with E-state index in [9.17, 15) is 4.79 Å². The molecular formula is C8H11BO. The average molecular weight is 134 g/mol. The molecule has 1 aliphatic rings. The number of rotatable bonds is 2. The summed E-state index contributed by atoms with van der Waals surface area (Å²) in [5.74, 6) is 2.44. The van der Waals surface area contributed by atoms with Crippen LogP contribution in [0.25, 0.3) is 0 Å². The molecule has 10 heavy (non-hydrogen) atoms. The number of hydrogen-bond donors (Lipinski definition) is 0. The molecule has 0 saturated carbocycles. The van der Waals surface area contributed by atoms with Gasteiger partial charge < -0.3 is 0 Å². The lowest BCUT2D eigenvalue weighted by molar-refractivity contribution is -0.117. The number of carbonyl (C=O) groups excluding carboxylic acids is 1. The van der Waals surface area contributed by atoms with Crippen molar-refractivity contribution in [2.75, 3.05) is 0 Å². The highest BCUT2D eigenvalue weighted by Crippen LogP contribution is 2.08. The number of ketones is 1. The topological polar surface area (TPSA) is 17.1 Å². The van der Waals surface area contributed by atoms with Crippen LogP contribution in [0, 0.1) is 5.92 Å². The Balaban J connectivity index is 2.59. The summed E-state index contributed by atoms with van der Waals surface area (Å²) in [5, 5.41) is 0. The van der Waals surface area contributed by atoms with Crippen LogP contribution in [0.2, 0.25) is 0 Å². The smallest absolute Gasteiger partial charge is 0.187 e. The van der Waals surface area contributed by atoms with Crippen LogP contribution in [0.1, 0.15) is 13.8 Å². The Bertz CT molecular complexity index is 201. The molecule has 1 heterocycles. The van der Waals surface area contributed by atoms with Gasteiger partial charge in [0.2, 0.25) is 0 Å². The van der Waals surface area contributed by atoms with E-state index in [4.69, 9.17) is 0 Å². The standard InChI is InChI=1S/C8H11BO/c1-6(2)8(10)7-4-3-5-9-7/h3-6,9H,1-2H3. The molecule has 0 atom stereocenters.